The second-order valence-corrected chi connectivity index (χ2v) is 5.32. The van der Waals surface area contributed by atoms with Gasteiger partial charge in [0.1, 0.15) is 0 Å². The van der Waals surface area contributed by atoms with E-state index < -0.39 is 11.6 Å². The van der Waals surface area contributed by atoms with Gasteiger partial charge >= 0.3 is 0 Å². The molecule has 0 bridgehead atoms. The largest absolute Gasteiger partial charge is 0.302 e. The van der Waals surface area contributed by atoms with E-state index >= 15 is 0 Å². The van der Waals surface area contributed by atoms with Gasteiger partial charge in [-0.2, -0.15) is 0 Å². The zero-order valence-corrected chi connectivity index (χ0v) is 11.9. The maximum Gasteiger partial charge on any atom is 0.228 e. The smallest absolute Gasteiger partial charge is 0.228 e. The van der Waals surface area contributed by atoms with Gasteiger partial charge in [0.15, 0.2) is 16.8 Å². The van der Waals surface area contributed by atoms with Crippen LogP contribution in [0.15, 0.2) is 23.6 Å². The SMILES string of the molecule is CCC(C)C(=O)Nc1nc(-c2ccc(F)c(F)c2)cs1. The molecule has 0 aliphatic carbocycles. The lowest BCUT2D eigenvalue weighted by Crippen LogP contribution is -2.19. The van der Waals surface area contributed by atoms with Gasteiger partial charge in [-0.05, 0) is 24.6 Å². The molecule has 1 amide bonds. The molecular formula is C14H14F2N2OS. The lowest BCUT2D eigenvalue weighted by molar-refractivity contribution is -0.119. The Hall–Kier alpha value is -1.82. The van der Waals surface area contributed by atoms with Gasteiger partial charge < -0.3 is 5.32 Å². The van der Waals surface area contributed by atoms with E-state index in [0.717, 1.165) is 18.6 Å². The number of benzene rings is 1. The number of rotatable bonds is 4. The van der Waals surface area contributed by atoms with Crippen molar-refractivity contribution in [1.82, 2.24) is 4.98 Å². The number of hydrogen-bond acceptors (Lipinski definition) is 3. The quantitative estimate of drug-likeness (QED) is 0.924. The molecule has 0 saturated heterocycles. The van der Waals surface area contributed by atoms with Crippen molar-refractivity contribution in [3.63, 3.8) is 0 Å². The maximum absolute atomic E-state index is 13.2. The molecule has 106 valence electrons. The topological polar surface area (TPSA) is 42.0 Å². The molecule has 0 fully saturated rings. The van der Waals surface area contributed by atoms with Gasteiger partial charge in [0, 0.05) is 16.9 Å². The molecule has 2 aromatic rings. The third-order valence-corrected chi connectivity index (χ3v) is 3.77. The molecule has 1 N–H and O–H groups in total. The highest BCUT2D eigenvalue weighted by Gasteiger charge is 2.13. The van der Waals surface area contributed by atoms with Crippen LogP contribution in [0.2, 0.25) is 0 Å². The Morgan fingerprint density at radius 2 is 2.15 bits per heavy atom. The number of anilines is 1. The predicted molar refractivity (Wildman–Crippen MR) is 75.6 cm³/mol. The summed E-state index contributed by atoms with van der Waals surface area (Å²) in [5.74, 6) is -2.00. The van der Waals surface area contributed by atoms with Crippen LogP contribution in [-0.2, 0) is 4.79 Å². The van der Waals surface area contributed by atoms with E-state index in [-0.39, 0.29) is 11.8 Å². The predicted octanol–water partition coefficient (Wildman–Crippen LogP) is 4.07. The highest BCUT2D eigenvalue weighted by molar-refractivity contribution is 7.14. The van der Waals surface area contributed by atoms with Crippen molar-refractivity contribution in [2.45, 2.75) is 20.3 Å². The molecule has 0 spiro atoms. The number of hydrogen-bond donors (Lipinski definition) is 1. The Labute approximate surface area is 119 Å². The van der Waals surface area contributed by atoms with E-state index in [1.807, 2.05) is 13.8 Å². The second kappa shape index (κ2) is 6.09. The van der Waals surface area contributed by atoms with Crippen LogP contribution in [0.1, 0.15) is 20.3 Å². The van der Waals surface area contributed by atoms with Crippen LogP contribution in [0.5, 0.6) is 0 Å². The molecule has 1 aromatic carbocycles. The molecule has 1 aromatic heterocycles. The van der Waals surface area contributed by atoms with E-state index in [0.29, 0.717) is 16.4 Å². The number of halogens is 2. The molecule has 20 heavy (non-hydrogen) atoms. The number of amides is 1. The summed E-state index contributed by atoms with van der Waals surface area (Å²) < 4.78 is 26.0. The number of carbonyl (C=O) groups excluding carboxylic acids is 1. The van der Waals surface area contributed by atoms with Crippen molar-refractivity contribution < 1.29 is 13.6 Å². The first-order valence-corrected chi connectivity index (χ1v) is 7.11. The second-order valence-electron chi connectivity index (χ2n) is 4.47. The molecule has 1 atom stereocenters. The molecule has 6 heteroatoms. The van der Waals surface area contributed by atoms with Gasteiger partial charge in [0.2, 0.25) is 5.91 Å². The van der Waals surface area contributed by atoms with Crippen molar-refractivity contribution in [1.29, 1.82) is 0 Å². The lowest BCUT2D eigenvalue weighted by Gasteiger charge is -2.06. The van der Waals surface area contributed by atoms with E-state index in [4.69, 9.17) is 0 Å². The Morgan fingerprint density at radius 1 is 1.40 bits per heavy atom. The maximum atomic E-state index is 13.2. The summed E-state index contributed by atoms with van der Waals surface area (Å²) in [5, 5.41) is 4.86. The number of aromatic nitrogens is 1. The van der Waals surface area contributed by atoms with Crippen LogP contribution in [0.3, 0.4) is 0 Å². The van der Waals surface area contributed by atoms with Gasteiger partial charge in [0.25, 0.3) is 0 Å². The first kappa shape index (κ1) is 14.6. The summed E-state index contributed by atoms with van der Waals surface area (Å²) in [6, 6.07) is 3.60. The van der Waals surface area contributed by atoms with Crippen molar-refractivity contribution in [3.8, 4) is 11.3 Å². The summed E-state index contributed by atoms with van der Waals surface area (Å²) in [5.41, 5.74) is 0.984. The zero-order chi connectivity index (χ0) is 14.7. The fourth-order valence-corrected chi connectivity index (χ4v) is 2.26. The Bertz CT molecular complexity index is 627. The van der Waals surface area contributed by atoms with E-state index in [1.165, 1.54) is 17.4 Å². The molecule has 0 saturated carbocycles. The van der Waals surface area contributed by atoms with E-state index in [9.17, 15) is 13.6 Å². The van der Waals surface area contributed by atoms with Gasteiger partial charge in [-0.25, -0.2) is 13.8 Å². The van der Waals surface area contributed by atoms with E-state index in [1.54, 1.807) is 5.38 Å². The Morgan fingerprint density at radius 3 is 2.80 bits per heavy atom. The molecule has 3 nitrogen and oxygen atoms in total. The third-order valence-electron chi connectivity index (χ3n) is 3.01. The normalized spacial score (nSPS) is 12.2. The molecule has 2 rings (SSSR count). The van der Waals surface area contributed by atoms with Crippen molar-refractivity contribution >= 4 is 22.4 Å². The monoisotopic (exact) mass is 296 g/mol. The fourth-order valence-electron chi connectivity index (χ4n) is 1.53. The molecular weight excluding hydrogens is 282 g/mol. The summed E-state index contributed by atoms with van der Waals surface area (Å²) in [4.78, 5) is 15.9. The van der Waals surface area contributed by atoms with Gasteiger partial charge in [-0.1, -0.05) is 13.8 Å². The van der Waals surface area contributed by atoms with Crippen molar-refractivity contribution in [2.75, 3.05) is 5.32 Å². The minimum absolute atomic E-state index is 0.0920. The Balaban J connectivity index is 2.16. The number of nitrogens with one attached hydrogen (secondary N) is 1. The summed E-state index contributed by atoms with van der Waals surface area (Å²) in [6.07, 6.45) is 0.743. The number of nitrogens with zero attached hydrogens (tertiary/aromatic N) is 1. The van der Waals surface area contributed by atoms with Crippen molar-refractivity contribution in [3.05, 3.63) is 35.2 Å². The highest BCUT2D eigenvalue weighted by Crippen LogP contribution is 2.26. The molecule has 0 aliphatic heterocycles. The van der Waals surface area contributed by atoms with Crippen LogP contribution in [0.25, 0.3) is 11.3 Å². The molecule has 1 heterocycles. The number of carbonyl (C=O) groups is 1. The van der Waals surface area contributed by atoms with Crippen LogP contribution >= 0.6 is 11.3 Å². The minimum Gasteiger partial charge on any atom is -0.302 e. The standard InChI is InChI=1S/C14H14F2N2OS/c1-3-8(2)13(19)18-14-17-12(7-20-14)9-4-5-10(15)11(16)6-9/h4-8H,3H2,1-2H3,(H,17,18,19). The van der Waals surface area contributed by atoms with Crippen LogP contribution in [0, 0.1) is 17.6 Å². The fraction of sp³-hybridized carbons (Fsp3) is 0.286. The lowest BCUT2D eigenvalue weighted by atomic mass is 10.1. The van der Waals surface area contributed by atoms with Gasteiger partial charge in [-0.15, -0.1) is 11.3 Å². The summed E-state index contributed by atoms with van der Waals surface area (Å²) >= 11 is 1.25. The first-order chi connectivity index (χ1) is 9.51. The van der Waals surface area contributed by atoms with Crippen LogP contribution < -0.4 is 5.32 Å². The zero-order valence-electron chi connectivity index (χ0n) is 11.1. The molecule has 1 unspecified atom stereocenters. The number of thiazole rings is 1. The van der Waals surface area contributed by atoms with Crippen molar-refractivity contribution in [2.24, 2.45) is 5.92 Å². The van der Waals surface area contributed by atoms with E-state index in [2.05, 4.69) is 10.3 Å². The first-order valence-electron chi connectivity index (χ1n) is 6.23. The minimum atomic E-state index is -0.916. The molecule has 0 radical (unpaired) electrons. The highest BCUT2D eigenvalue weighted by atomic mass is 32.1. The third kappa shape index (κ3) is 3.19. The average molecular weight is 296 g/mol. The summed E-state index contributed by atoms with van der Waals surface area (Å²) in [7, 11) is 0. The molecule has 0 aliphatic rings. The van der Waals surface area contributed by atoms with Crippen LogP contribution in [-0.4, -0.2) is 10.9 Å². The Kier molecular flexibility index (Phi) is 4.44. The van der Waals surface area contributed by atoms with Gasteiger partial charge in [0.05, 0.1) is 5.69 Å². The van der Waals surface area contributed by atoms with Gasteiger partial charge in [-0.3, -0.25) is 4.79 Å². The average Bonchev–Trinajstić information content (AvgIpc) is 2.89. The van der Waals surface area contributed by atoms with Crippen LogP contribution in [0.4, 0.5) is 13.9 Å². The summed E-state index contributed by atoms with van der Waals surface area (Å²) in [6.45, 7) is 3.76.